The van der Waals surface area contributed by atoms with Crippen molar-refractivity contribution >= 4 is 39.9 Å². The lowest BCUT2D eigenvalue weighted by Gasteiger charge is -2.08. The number of carbonyl (C=O) groups is 2. The first-order valence-corrected chi connectivity index (χ1v) is 8.17. The lowest BCUT2D eigenvalue weighted by Crippen LogP contribution is -2.21. The van der Waals surface area contributed by atoms with Crippen LogP contribution in [0.4, 0.5) is 5.69 Å². The van der Waals surface area contributed by atoms with Crippen LogP contribution in [-0.4, -0.2) is 18.5 Å². The lowest BCUT2D eigenvalue weighted by atomic mass is 10.0. The summed E-state index contributed by atoms with van der Waals surface area (Å²) < 4.78 is 5.08. The Bertz CT molecular complexity index is 901. The standard InChI is InChI=1S/C20H16ClNO3/c21-16-8-10-17(11-9-16)22-19(23)13-25-20(24)12-15-6-3-5-14-4-1-2-7-18(14)15/h1-11H,12-13H2,(H,22,23). The van der Waals surface area contributed by atoms with E-state index in [0.717, 1.165) is 16.3 Å². The van der Waals surface area contributed by atoms with Crippen molar-refractivity contribution in [3.8, 4) is 0 Å². The summed E-state index contributed by atoms with van der Waals surface area (Å²) in [6, 6.07) is 20.3. The molecule has 0 bridgehead atoms. The highest BCUT2D eigenvalue weighted by Gasteiger charge is 2.10. The number of fused-ring (bicyclic) bond motifs is 1. The van der Waals surface area contributed by atoms with Crippen LogP contribution in [0.15, 0.2) is 66.7 Å². The number of amides is 1. The summed E-state index contributed by atoms with van der Waals surface area (Å²) in [6.07, 6.45) is 0.121. The van der Waals surface area contributed by atoms with Crippen LogP contribution in [0.3, 0.4) is 0 Å². The van der Waals surface area contributed by atoms with Crippen LogP contribution in [0.5, 0.6) is 0 Å². The van der Waals surface area contributed by atoms with Gasteiger partial charge in [0.15, 0.2) is 6.61 Å². The summed E-state index contributed by atoms with van der Waals surface area (Å²) in [7, 11) is 0. The Hall–Kier alpha value is -2.85. The second kappa shape index (κ2) is 7.81. The smallest absolute Gasteiger partial charge is 0.310 e. The number of hydrogen-bond donors (Lipinski definition) is 1. The molecule has 0 aliphatic heterocycles. The van der Waals surface area contributed by atoms with Crippen LogP contribution < -0.4 is 5.32 Å². The van der Waals surface area contributed by atoms with Crippen molar-refractivity contribution < 1.29 is 14.3 Å². The van der Waals surface area contributed by atoms with Gasteiger partial charge in [-0.15, -0.1) is 0 Å². The predicted octanol–water partition coefficient (Wildman–Crippen LogP) is 4.22. The van der Waals surface area contributed by atoms with Gasteiger partial charge in [0, 0.05) is 10.7 Å². The van der Waals surface area contributed by atoms with E-state index >= 15 is 0 Å². The molecule has 0 saturated heterocycles. The fraction of sp³-hybridized carbons (Fsp3) is 0.100. The zero-order valence-corrected chi connectivity index (χ0v) is 14.1. The predicted molar refractivity (Wildman–Crippen MR) is 98.7 cm³/mol. The molecule has 0 spiro atoms. The number of carbonyl (C=O) groups excluding carboxylic acids is 2. The molecule has 0 saturated carbocycles. The van der Waals surface area contributed by atoms with Gasteiger partial charge in [0.05, 0.1) is 6.42 Å². The molecule has 0 unspecified atom stereocenters. The zero-order chi connectivity index (χ0) is 17.6. The fourth-order valence-corrected chi connectivity index (χ4v) is 2.66. The molecule has 0 radical (unpaired) electrons. The third-order valence-corrected chi connectivity index (χ3v) is 3.96. The Balaban J connectivity index is 1.55. The van der Waals surface area contributed by atoms with Crippen LogP contribution in [0.2, 0.25) is 5.02 Å². The lowest BCUT2D eigenvalue weighted by molar-refractivity contribution is -0.146. The van der Waals surface area contributed by atoms with Gasteiger partial charge in [-0.2, -0.15) is 0 Å². The van der Waals surface area contributed by atoms with Gasteiger partial charge >= 0.3 is 5.97 Å². The minimum atomic E-state index is -0.442. The molecule has 0 aliphatic rings. The Morgan fingerprint density at radius 2 is 1.64 bits per heavy atom. The highest BCUT2D eigenvalue weighted by Crippen LogP contribution is 2.19. The summed E-state index contributed by atoms with van der Waals surface area (Å²) in [5.74, 6) is -0.837. The van der Waals surface area contributed by atoms with Gasteiger partial charge < -0.3 is 10.1 Å². The molecule has 126 valence electrons. The van der Waals surface area contributed by atoms with Gasteiger partial charge in [-0.3, -0.25) is 9.59 Å². The summed E-state index contributed by atoms with van der Waals surface area (Å²) in [5, 5.41) is 5.30. The number of ether oxygens (including phenoxy) is 1. The molecule has 3 rings (SSSR count). The maximum Gasteiger partial charge on any atom is 0.310 e. The Morgan fingerprint density at radius 1 is 0.920 bits per heavy atom. The molecular weight excluding hydrogens is 338 g/mol. The number of anilines is 1. The number of nitrogens with one attached hydrogen (secondary N) is 1. The van der Waals surface area contributed by atoms with Gasteiger partial charge in [0.1, 0.15) is 0 Å². The third-order valence-electron chi connectivity index (χ3n) is 3.71. The van der Waals surface area contributed by atoms with E-state index in [1.165, 1.54) is 0 Å². The molecule has 1 N–H and O–H groups in total. The number of halogens is 1. The van der Waals surface area contributed by atoms with Crippen LogP contribution in [0.25, 0.3) is 10.8 Å². The summed E-state index contributed by atoms with van der Waals surface area (Å²) >= 11 is 5.79. The van der Waals surface area contributed by atoms with E-state index in [0.29, 0.717) is 10.7 Å². The maximum atomic E-state index is 12.0. The van der Waals surface area contributed by atoms with Crippen molar-refractivity contribution in [2.75, 3.05) is 11.9 Å². The first-order chi connectivity index (χ1) is 12.1. The topological polar surface area (TPSA) is 55.4 Å². The summed E-state index contributed by atoms with van der Waals surface area (Å²) in [5.41, 5.74) is 1.47. The van der Waals surface area contributed by atoms with E-state index < -0.39 is 11.9 Å². The van der Waals surface area contributed by atoms with E-state index in [9.17, 15) is 9.59 Å². The van der Waals surface area contributed by atoms with Crippen molar-refractivity contribution in [1.82, 2.24) is 0 Å². The summed E-state index contributed by atoms with van der Waals surface area (Å²) in [4.78, 5) is 23.9. The largest absolute Gasteiger partial charge is 0.455 e. The molecule has 3 aromatic carbocycles. The molecule has 0 aromatic heterocycles. The first-order valence-electron chi connectivity index (χ1n) is 7.79. The molecule has 0 atom stereocenters. The average Bonchev–Trinajstić information content (AvgIpc) is 2.62. The highest BCUT2D eigenvalue weighted by atomic mass is 35.5. The number of hydrogen-bond acceptors (Lipinski definition) is 3. The van der Waals surface area contributed by atoms with E-state index in [1.54, 1.807) is 24.3 Å². The molecule has 3 aromatic rings. The Morgan fingerprint density at radius 3 is 2.44 bits per heavy atom. The maximum absolute atomic E-state index is 12.0. The number of benzene rings is 3. The van der Waals surface area contributed by atoms with Crippen molar-refractivity contribution in [2.45, 2.75) is 6.42 Å². The second-order valence-corrected chi connectivity index (χ2v) is 5.97. The molecular formula is C20H16ClNO3. The van der Waals surface area contributed by atoms with Crippen molar-refractivity contribution in [2.24, 2.45) is 0 Å². The van der Waals surface area contributed by atoms with Crippen LogP contribution in [0.1, 0.15) is 5.56 Å². The Kier molecular flexibility index (Phi) is 5.31. The normalized spacial score (nSPS) is 10.4. The van der Waals surface area contributed by atoms with Crippen LogP contribution in [-0.2, 0) is 20.7 Å². The second-order valence-electron chi connectivity index (χ2n) is 5.53. The van der Waals surface area contributed by atoms with E-state index in [4.69, 9.17) is 16.3 Å². The van der Waals surface area contributed by atoms with Crippen molar-refractivity contribution in [3.05, 3.63) is 77.3 Å². The molecule has 4 nitrogen and oxygen atoms in total. The number of rotatable bonds is 5. The quantitative estimate of drug-likeness (QED) is 0.699. The van der Waals surface area contributed by atoms with Crippen LogP contribution in [0, 0.1) is 0 Å². The minimum absolute atomic E-state index is 0.121. The zero-order valence-electron chi connectivity index (χ0n) is 13.4. The average molecular weight is 354 g/mol. The first kappa shape index (κ1) is 17.0. The summed E-state index contributed by atoms with van der Waals surface area (Å²) in [6.45, 7) is -0.327. The minimum Gasteiger partial charge on any atom is -0.455 e. The molecule has 0 heterocycles. The van der Waals surface area contributed by atoms with Crippen LogP contribution >= 0.6 is 11.6 Å². The molecule has 0 fully saturated rings. The highest BCUT2D eigenvalue weighted by molar-refractivity contribution is 6.30. The van der Waals surface area contributed by atoms with Crippen molar-refractivity contribution in [1.29, 1.82) is 0 Å². The van der Waals surface area contributed by atoms with Crippen molar-refractivity contribution in [3.63, 3.8) is 0 Å². The van der Waals surface area contributed by atoms with Gasteiger partial charge in [-0.05, 0) is 40.6 Å². The van der Waals surface area contributed by atoms with Gasteiger partial charge in [-0.1, -0.05) is 54.1 Å². The monoisotopic (exact) mass is 353 g/mol. The van der Waals surface area contributed by atoms with Gasteiger partial charge in [0.2, 0.25) is 0 Å². The SMILES string of the molecule is O=C(COC(=O)Cc1cccc2ccccc12)Nc1ccc(Cl)cc1. The van der Waals surface area contributed by atoms with Gasteiger partial charge in [-0.25, -0.2) is 0 Å². The van der Waals surface area contributed by atoms with E-state index in [1.807, 2.05) is 42.5 Å². The Labute approximate surface area is 150 Å². The molecule has 25 heavy (non-hydrogen) atoms. The van der Waals surface area contributed by atoms with Gasteiger partial charge in [0.25, 0.3) is 5.91 Å². The molecule has 1 amide bonds. The molecule has 5 heteroatoms. The van der Waals surface area contributed by atoms with E-state index in [2.05, 4.69) is 5.32 Å². The third kappa shape index (κ3) is 4.58. The van der Waals surface area contributed by atoms with E-state index in [-0.39, 0.29) is 13.0 Å². The molecule has 0 aliphatic carbocycles. The number of esters is 1. The fourth-order valence-electron chi connectivity index (χ4n) is 2.53.